The van der Waals surface area contributed by atoms with E-state index in [-0.39, 0.29) is 0 Å². The summed E-state index contributed by atoms with van der Waals surface area (Å²) < 4.78 is 5.58. The number of ether oxygens (including phenoxy) is 1. The van der Waals surface area contributed by atoms with Crippen molar-refractivity contribution >= 4 is 5.76 Å². The molecule has 1 aromatic rings. The standard InChI is InChI=1S/C12H9NO/c1-2-4-11-10(3-1)12-9(5-7-13-11)6-8-14-12/h1-7H,8H2. The minimum absolute atomic E-state index is 0.670. The summed E-state index contributed by atoms with van der Waals surface area (Å²) in [4.78, 5) is 4.35. The van der Waals surface area contributed by atoms with Gasteiger partial charge in [0.2, 0.25) is 0 Å². The second kappa shape index (κ2) is 2.84. The summed E-state index contributed by atoms with van der Waals surface area (Å²) in [5.74, 6) is 0.957. The van der Waals surface area contributed by atoms with Crippen molar-refractivity contribution < 1.29 is 4.74 Å². The Hall–Kier alpha value is -1.83. The number of nitrogens with zero attached hydrogens (tertiary/aromatic N) is 1. The van der Waals surface area contributed by atoms with Crippen LogP contribution in [-0.2, 0) is 4.74 Å². The monoisotopic (exact) mass is 183 g/mol. The van der Waals surface area contributed by atoms with E-state index in [2.05, 4.69) is 11.1 Å². The molecule has 2 nitrogen and oxygen atoms in total. The summed E-state index contributed by atoms with van der Waals surface area (Å²) >= 11 is 0. The van der Waals surface area contributed by atoms with Crippen LogP contribution in [0, 0.1) is 0 Å². The first-order valence-corrected chi connectivity index (χ1v) is 4.62. The van der Waals surface area contributed by atoms with Crippen LogP contribution in [0.4, 0.5) is 0 Å². The Morgan fingerprint density at radius 3 is 3.14 bits per heavy atom. The summed E-state index contributed by atoms with van der Waals surface area (Å²) in [6.07, 6.45) is 5.89. The Balaban J connectivity index is 2.48. The van der Waals surface area contributed by atoms with Gasteiger partial charge >= 0.3 is 0 Å². The summed E-state index contributed by atoms with van der Waals surface area (Å²) in [5, 5.41) is 2.06. The molecular weight excluding hydrogens is 174 g/mol. The van der Waals surface area contributed by atoms with Crippen LogP contribution in [0.3, 0.4) is 0 Å². The third kappa shape index (κ3) is 1.01. The maximum atomic E-state index is 5.58. The third-order valence-corrected chi connectivity index (χ3v) is 2.41. The van der Waals surface area contributed by atoms with Gasteiger partial charge in [0.05, 0.1) is 5.36 Å². The molecule has 0 bridgehead atoms. The number of fused-ring (bicyclic) bond motifs is 2. The van der Waals surface area contributed by atoms with E-state index in [1.54, 1.807) is 0 Å². The number of para-hydroxylation sites is 1. The van der Waals surface area contributed by atoms with Crippen LogP contribution in [0.2, 0.25) is 0 Å². The zero-order valence-electron chi connectivity index (χ0n) is 7.60. The van der Waals surface area contributed by atoms with E-state index in [1.165, 1.54) is 0 Å². The van der Waals surface area contributed by atoms with Gasteiger partial charge in [-0.1, -0.05) is 12.1 Å². The molecule has 0 aromatic heterocycles. The highest BCUT2D eigenvalue weighted by atomic mass is 16.5. The van der Waals surface area contributed by atoms with Crippen LogP contribution in [0.25, 0.3) is 5.76 Å². The van der Waals surface area contributed by atoms with Gasteiger partial charge in [0.15, 0.2) is 0 Å². The van der Waals surface area contributed by atoms with Gasteiger partial charge in [0.1, 0.15) is 12.4 Å². The predicted molar refractivity (Wildman–Crippen MR) is 53.8 cm³/mol. The van der Waals surface area contributed by atoms with Gasteiger partial charge in [-0.15, -0.1) is 0 Å². The summed E-state index contributed by atoms with van der Waals surface area (Å²) in [6, 6.07) is 8.03. The first-order chi connectivity index (χ1) is 6.95. The van der Waals surface area contributed by atoms with E-state index < -0.39 is 0 Å². The topological polar surface area (TPSA) is 21.6 Å². The minimum Gasteiger partial charge on any atom is -0.488 e. The Bertz CT molecular complexity index is 552. The Kier molecular flexibility index (Phi) is 1.53. The van der Waals surface area contributed by atoms with E-state index in [0.29, 0.717) is 6.61 Å². The highest BCUT2D eigenvalue weighted by Gasteiger charge is 2.12. The van der Waals surface area contributed by atoms with Crippen molar-refractivity contribution in [3.05, 3.63) is 58.8 Å². The molecule has 14 heavy (non-hydrogen) atoms. The molecular formula is C12H9NO. The molecule has 2 heterocycles. The fourth-order valence-electron chi connectivity index (χ4n) is 1.74. The van der Waals surface area contributed by atoms with Gasteiger partial charge < -0.3 is 4.74 Å². The molecule has 2 aliphatic rings. The zero-order chi connectivity index (χ0) is 9.38. The molecule has 1 aromatic carbocycles. The fraction of sp³-hybridized carbons (Fsp3) is 0.0833. The van der Waals surface area contributed by atoms with Gasteiger partial charge in [-0.05, 0) is 24.3 Å². The quantitative estimate of drug-likeness (QED) is 0.585. The largest absolute Gasteiger partial charge is 0.488 e. The van der Waals surface area contributed by atoms with E-state index in [0.717, 1.165) is 21.9 Å². The van der Waals surface area contributed by atoms with Crippen molar-refractivity contribution in [3.63, 3.8) is 0 Å². The van der Waals surface area contributed by atoms with Crippen LogP contribution in [0.1, 0.15) is 0 Å². The smallest absolute Gasteiger partial charge is 0.136 e. The average molecular weight is 183 g/mol. The molecule has 0 radical (unpaired) electrons. The van der Waals surface area contributed by atoms with E-state index in [9.17, 15) is 0 Å². The molecule has 0 aliphatic carbocycles. The minimum atomic E-state index is 0.670. The number of benzene rings is 1. The lowest BCUT2D eigenvalue weighted by molar-refractivity contribution is 0.333. The zero-order valence-corrected chi connectivity index (χ0v) is 7.60. The van der Waals surface area contributed by atoms with Gasteiger partial charge in [-0.3, -0.25) is 4.99 Å². The normalized spacial score (nSPS) is 17.4. The number of rotatable bonds is 0. The molecule has 0 fully saturated rings. The van der Waals surface area contributed by atoms with Crippen LogP contribution in [-0.4, -0.2) is 6.61 Å². The van der Waals surface area contributed by atoms with Crippen molar-refractivity contribution in [2.24, 2.45) is 4.99 Å². The Morgan fingerprint density at radius 2 is 2.14 bits per heavy atom. The first-order valence-electron chi connectivity index (χ1n) is 4.62. The third-order valence-electron chi connectivity index (χ3n) is 2.41. The maximum Gasteiger partial charge on any atom is 0.136 e. The highest BCUT2D eigenvalue weighted by Crippen LogP contribution is 2.19. The Morgan fingerprint density at radius 1 is 1.21 bits per heavy atom. The van der Waals surface area contributed by atoms with Gasteiger partial charge in [-0.2, -0.15) is 0 Å². The summed E-state index contributed by atoms with van der Waals surface area (Å²) in [7, 11) is 0. The second-order valence-corrected chi connectivity index (χ2v) is 3.26. The van der Waals surface area contributed by atoms with Crippen molar-refractivity contribution in [2.75, 3.05) is 6.61 Å². The van der Waals surface area contributed by atoms with E-state index in [4.69, 9.17) is 4.74 Å². The average Bonchev–Trinajstić information content (AvgIpc) is 2.61. The van der Waals surface area contributed by atoms with Gasteiger partial charge in [0.25, 0.3) is 0 Å². The van der Waals surface area contributed by atoms with Crippen LogP contribution >= 0.6 is 0 Å². The molecule has 0 saturated carbocycles. The number of hydrogen-bond acceptors (Lipinski definition) is 2. The van der Waals surface area contributed by atoms with Gasteiger partial charge in [-0.25, -0.2) is 0 Å². The molecule has 3 rings (SSSR count). The van der Waals surface area contributed by atoms with Crippen molar-refractivity contribution in [3.8, 4) is 0 Å². The van der Waals surface area contributed by atoms with Crippen molar-refractivity contribution in [1.29, 1.82) is 0 Å². The predicted octanol–water partition coefficient (Wildman–Crippen LogP) is 0.898. The molecule has 2 heteroatoms. The fourth-order valence-corrected chi connectivity index (χ4v) is 1.74. The second-order valence-electron chi connectivity index (χ2n) is 3.26. The van der Waals surface area contributed by atoms with E-state index in [1.807, 2.05) is 36.5 Å². The molecule has 0 spiro atoms. The summed E-state index contributed by atoms with van der Waals surface area (Å²) in [6.45, 7) is 0.670. The molecule has 2 aliphatic heterocycles. The highest BCUT2D eigenvalue weighted by molar-refractivity contribution is 5.65. The lowest BCUT2D eigenvalue weighted by Gasteiger charge is -1.99. The lowest BCUT2D eigenvalue weighted by atomic mass is 10.1. The lowest BCUT2D eigenvalue weighted by Crippen LogP contribution is -2.26. The molecule has 0 atom stereocenters. The van der Waals surface area contributed by atoms with Crippen LogP contribution in [0.5, 0.6) is 0 Å². The van der Waals surface area contributed by atoms with Gasteiger partial charge in [0, 0.05) is 17.0 Å². The molecule has 68 valence electrons. The molecule has 0 N–H and O–H groups in total. The van der Waals surface area contributed by atoms with Crippen LogP contribution < -0.4 is 10.6 Å². The molecule has 0 unspecified atom stereocenters. The first kappa shape index (κ1) is 7.56. The molecule has 0 saturated heterocycles. The van der Waals surface area contributed by atoms with Crippen molar-refractivity contribution in [2.45, 2.75) is 0 Å². The van der Waals surface area contributed by atoms with Crippen LogP contribution in [0.15, 0.2) is 53.2 Å². The SMILES string of the molecule is C1=CC2=CCOC2=c2ccccc2=N1. The number of hydrogen-bond donors (Lipinski definition) is 0. The van der Waals surface area contributed by atoms with Crippen molar-refractivity contribution in [1.82, 2.24) is 0 Å². The Labute approximate surface area is 81.5 Å². The maximum absolute atomic E-state index is 5.58. The molecule has 0 amide bonds. The summed E-state index contributed by atoms with van der Waals surface area (Å²) in [5.41, 5.74) is 1.14. The van der Waals surface area contributed by atoms with E-state index >= 15 is 0 Å².